The highest BCUT2D eigenvalue weighted by molar-refractivity contribution is 5.93. The molecule has 6 aromatic rings. The van der Waals surface area contributed by atoms with Crippen molar-refractivity contribution in [3.8, 4) is 16.9 Å². The standard InChI is InChI=1S/C53H50N2O8.3C2H4O2/c1-60-52(58)51-44(42-24-12-13-25-43(42)50(36-16-4-2-5-17-36)37-18-6-3-7-19-37)27-29-49(63-51)62-47-28-26-35(15-14-32-56)33-46(47)55-48(57)30-31-54-53(59)61-34-45-40-22-10-8-20-38(40)39-21-9-11-23-41(39)45;3*1-2(3)4/h2-26,28,33,44-45,49-51,56H,27,29-32,34H2,1H3,(H,54,59)(H,55,57);3*1H3,(H,3,4)/b15-14+;;;/t44-,49+,51-;;;/m0.../s1. The van der Waals surface area contributed by atoms with Crippen LogP contribution in [0.5, 0.6) is 5.75 Å². The monoisotopic (exact) mass is 1020 g/mol. The molecule has 0 bridgehead atoms. The number of ether oxygens (including phenoxy) is 4. The van der Waals surface area contributed by atoms with Crippen LogP contribution in [0.4, 0.5) is 10.5 Å². The fourth-order valence-electron chi connectivity index (χ4n) is 8.81. The lowest BCUT2D eigenvalue weighted by Gasteiger charge is -2.37. The Kier molecular flexibility index (Phi) is 22.3. The normalized spacial score (nSPS) is 15.1. The van der Waals surface area contributed by atoms with E-state index in [0.29, 0.717) is 29.8 Å². The molecule has 2 amide bonds. The van der Waals surface area contributed by atoms with Gasteiger partial charge in [-0.15, -0.1) is 0 Å². The molecule has 16 heteroatoms. The zero-order valence-corrected chi connectivity index (χ0v) is 42.1. The van der Waals surface area contributed by atoms with E-state index in [1.165, 1.54) is 7.11 Å². The maximum Gasteiger partial charge on any atom is 0.407 e. The second-order valence-corrected chi connectivity index (χ2v) is 17.1. The van der Waals surface area contributed by atoms with Crippen LogP contribution in [0, 0.1) is 0 Å². The summed E-state index contributed by atoms with van der Waals surface area (Å²) >= 11 is 0. The van der Waals surface area contributed by atoms with E-state index in [1.807, 2.05) is 72.8 Å². The van der Waals surface area contributed by atoms with Gasteiger partial charge in [-0.25, -0.2) is 9.59 Å². The summed E-state index contributed by atoms with van der Waals surface area (Å²) in [5.41, 5.74) is 9.89. The Bertz CT molecular complexity index is 2760. The molecule has 0 saturated carbocycles. The number of nitrogens with one attached hydrogen (secondary N) is 2. The van der Waals surface area contributed by atoms with E-state index in [0.717, 1.165) is 65.3 Å². The summed E-state index contributed by atoms with van der Waals surface area (Å²) in [7, 11) is 1.35. The van der Waals surface area contributed by atoms with E-state index < -0.39 is 42.4 Å². The fourth-order valence-corrected chi connectivity index (χ4v) is 8.81. The highest BCUT2D eigenvalue weighted by Gasteiger charge is 2.41. The van der Waals surface area contributed by atoms with Gasteiger partial charge in [0, 0.05) is 57.9 Å². The summed E-state index contributed by atoms with van der Waals surface area (Å²) < 4.78 is 23.9. The number of alkyl carbamates (subject to hydrolysis) is 1. The molecule has 0 unspecified atom stereocenters. The number of methoxy groups -OCH3 is 1. The van der Waals surface area contributed by atoms with Crippen LogP contribution >= 0.6 is 0 Å². The highest BCUT2D eigenvalue weighted by Crippen LogP contribution is 2.45. The molecular formula is C59H62N2O14. The van der Waals surface area contributed by atoms with Crippen molar-refractivity contribution < 1.29 is 68.1 Å². The SMILES string of the molecule is CC(=O)O.CC(=O)O.CC(=O)O.COC(=O)[C@H]1O[C@@H](Oc2ccc(/C=C/CO)cc2NC(=O)CCNC(=O)OCC2c3ccccc3-c3ccccc32)CC[C@H]1c1ccccc1C(c1ccccc1)c1ccccc1. The van der Waals surface area contributed by atoms with Crippen molar-refractivity contribution >= 4 is 47.6 Å². The topological polar surface area (TPSA) is 244 Å². The molecule has 1 aliphatic heterocycles. The Labute approximate surface area is 435 Å². The van der Waals surface area contributed by atoms with Crippen LogP contribution in [0.25, 0.3) is 17.2 Å². The summed E-state index contributed by atoms with van der Waals surface area (Å²) in [4.78, 5) is 66.7. The molecule has 0 aromatic heterocycles. The van der Waals surface area contributed by atoms with E-state index in [9.17, 15) is 19.5 Å². The number of carbonyl (C=O) groups is 6. The first-order chi connectivity index (χ1) is 36.1. The van der Waals surface area contributed by atoms with E-state index in [4.69, 9.17) is 48.7 Å². The van der Waals surface area contributed by atoms with Crippen LogP contribution in [0.1, 0.15) is 96.7 Å². The molecule has 8 rings (SSSR count). The molecule has 0 spiro atoms. The van der Waals surface area contributed by atoms with E-state index in [2.05, 4.69) is 71.3 Å². The molecule has 3 atom stereocenters. The minimum Gasteiger partial charge on any atom is -0.481 e. The first-order valence-corrected chi connectivity index (χ1v) is 24.1. The minimum absolute atomic E-state index is 0.0353. The first kappa shape index (κ1) is 57.3. The molecule has 392 valence electrons. The van der Waals surface area contributed by atoms with Gasteiger partial charge in [-0.05, 0) is 68.6 Å². The molecule has 1 heterocycles. The van der Waals surface area contributed by atoms with Gasteiger partial charge in [0.15, 0.2) is 6.10 Å². The molecule has 16 nitrogen and oxygen atoms in total. The van der Waals surface area contributed by atoms with Gasteiger partial charge < -0.3 is 50.0 Å². The number of anilines is 1. The van der Waals surface area contributed by atoms with Crippen molar-refractivity contribution in [3.63, 3.8) is 0 Å². The van der Waals surface area contributed by atoms with Crippen LogP contribution < -0.4 is 15.4 Å². The minimum atomic E-state index is -0.976. The zero-order valence-electron chi connectivity index (χ0n) is 42.1. The highest BCUT2D eigenvalue weighted by atomic mass is 16.7. The molecule has 1 aliphatic carbocycles. The van der Waals surface area contributed by atoms with Crippen molar-refractivity contribution in [2.45, 2.75) is 70.2 Å². The molecule has 1 fully saturated rings. The smallest absolute Gasteiger partial charge is 0.407 e. The Morgan fingerprint density at radius 3 is 1.75 bits per heavy atom. The summed E-state index contributed by atoms with van der Waals surface area (Å²) in [5, 5.41) is 37.3. The average Bonchev–Trinajstić information content (AvgIpc) is 3.71. The molecule has 6 N–H and O–H groups in total. The van der Waals surface area contributed by atoms with Crippen LogP contribution in [-0.4, -0.2) is 95.6 Å². The van der Waals surface area contributed by atoms with Gasteiger partial charge in [0.25, 0.3) is 17.9 Å². The van der Waals surface area contributed by atoms with Crippen molar-refractivity contribution in [3.05, 3.63) is 197 Å². The molecule has 0 radical (unpaired) electrons. The number of carboxylic acid groups (broad SMARTS) is 3. The Morgan fingerprint density at radius 1 is 0.680 bits per heavy atom. The van der Waals surface area contributed by atoms with E-state index in [1.54, 1.807) is 30.4 Å². The third-order valence-electron chi connectivity index (χ3n) is 11.7. The largest absolute Gasteiger partial charge is 0.481 e. The van der Waals surface area contributed by atoms with Gasteiger partial charge in [-0.2, -0.15) is 0 Å². The lowest BCUT2D eigenvalue weighted by molar-refractivity contribution is -0.188. The van der Waals surface area contributed by atoms with Gasteiger partial charge in [-0.1, -0.05) is 152 Å². The number of aliphatic hydroxyl groups excluding tert-OH is 1. The number of hydrogen-bond donors (Lipinski definition) is 6. The predicted octanol–water partition coefficient (Wildman–Crippen LogP) is 9.85. The zero-order chi connectivity index (χ0) is 54.3. The molecule has 2 aliphatic rings. The molecular weight excluding hydrogens is 961 g/mol. The molecule has 6 aromatic carbocycles. The lowest BCUT2D eigenvalue weighted by Crippen LogP contribution is -2.42. The fraction of sp³-hybridized carbons (Fsp3) is 0.254. The van der Waals surface area contributed by atoms with Gasteiger partial charge in [0.05, 0.1) is 19.4 Å². The number of aliphatic carboxylic acids is 3. The number of carboxylic acids is 3. The number of hydrogen-bond acceptors (Lipinski definition) is 11. The lowest BCUT2D eigenvalue weighted by atomic mass is 9.77. The van der Waals surface area contributed by atoms with Gasteiger partial charge in [-0.3, -0.25) is 19.2 Å². The second kappa shape index (κ2) is 29.2. The Hall–Kier alpha value is -8.60. The van der Waals surface area contributed by atoms with Gasteiger partial charge in [0.1, 0.15) is 12.4 Å². The third kappa shape index (κ3) is 17.3. The van der Waals surface area contributed by atoms with Crippen molar-refractivity contribution in [1.29, 1.82) is 0 Å². The predicted molar refractivity (Wildman–Crippen MR) is 282 cm³/mol. The van der Waals surface area contributed by atoms with Crippen molar-refractivity contribution in [2.24, 2.45) is 0 Å². The second-order valence-electron chi connectivity index (χ2n) is 17.1. The summed E-state index contributed by atoms with van der Waals surface area (Å²) in [6.45, 7) is 3.29. The molecule has 1 saturated heterocycles. The number of fused-ring (bicyclic) bond motifs is 3. The van der Waals surface area contributed by atoms with Crippen LogP contribution in [0.15, 0.2) is 158 Å². The number of amides is 2. The van der Waals surface area contributed by atoms with Crippen LogP contribution in [0.3, 0.4) is 0 Å². The van der Waals surface area contributed by atoms with Crippen molar-refractivity contribution in [2.75, 3.05) is 32.2 Å². The number of benzene rings is 6. The Morgan fingerprint density at radius 2 is 1.20 bits per heavy atom. The summed E-state index contributed by atoms with van der Waals surface area (Å²) in [5.74, 6) is -3.56. The summed E-state index contributed by atoms with van der Waals surface area (Å²) in [6.07, 6.45) is 1.83. The number of aliphatic hydroxyl groups is 1. The van der Waals surface area contributed by atoms with Crippen molar-refractivity contribution in [1.82, 2.24) is 5.32 Å². The third-order valence-corrected chi connectivity index (χ3v) is 11.7. The van der Waals surface area contributed by atoms with Crippen LogP contribution in [0.2, 0.25) is 0 Å². The number of rotatable bonds is 15. The maximum atomic E-state index is 13.6. The maximum absolute atomic E-state index is 13.6. The quantitative estimate of drug-likeness (QED) is 0.0414. The summed E-state index contributed by atoms with van der Waals surface area (Å²) in [6, 6.07) is 50.3. The number of esters is 1. The van der Waals surface area contributed by atoms with Gasteiger partial charge in [0.2, 0.25) is 12.2 Å². The van der Waals surface area contributed by atoms with E-state index in [-0.39, 0.29) is 49.8 Å². The average molecular weight is 1020 g/mol. The van der Waals surface area contributed by atoms with Crippen LogP contribution in [-0.2, 0) is 38.2 Å². The van der Waals surface area contributed by atoms with E-state index >= 15 is 0 Å². The molecule has 75 heavy (non-hydrogen) atoms. The Balaban J connectivity index is 0.000000785. The number of carbonyl (C=O) groups excluding carboxylic acids is 3. The van der Waals surface area contributed by atoms with Gasteiger partial charge >= 0.3 is 12.1 Å². The first-order valence-electron chi connectivity index (χ1n) is 24.1.